The van der Waals surface area contributed by atoms with Crippen LogP contribution in [0.1, 0.15) is 18.4 Å². The van der Waals surface area contributed by atoms with Gasteiger partial charge in [0.15, 0.2) is 0 Å². The fourth-order valence-electron chi connectivity index (χ4n) is 3.24. The molecule has 1 N–H and O–H groups in total. The minimum absolute atomic E-state index is 0.133. The normalized spacial score (nSPS) is 25.8. The van der Waals surface area contributed by atoms with Crippen LogP contribution >= 0.6 is 11.8 Å². The van der Waals surface area contributed by atoms with E-state index in [1.165, 1.54) is 12.1 Å². The van der Waals surface area contributed by atoms with Crippen LogP contribution in [0.5, 0.6) is 5.75 Å². The lowest BCUT2D eigenvalue weighted by Crippen LogP contribution is -2.26. The summed E-state index contributed by atoms with van der Waals surface area (Å²) in [7, 11) is 0. The largest absolute Gasteiger partial charge is 0.461 e. The van der Waals surface area contributed by atoms with E-state index in [4.69, 9.17) is 10.00 Å². The second kappa shape index (κ2) is 6.91. The van der Waals surface area contributed by atoms with E-state index in [1.54, 1.807) is 6.08 Å². The zero-order chi connectivity index (χ0) is 17.3. The summed E-state index contributed by atoms with van der Waals surface area (Å²) in [5.74, 6) is -3.15. The van der Waals surface area contributed by atoms with Gasteiger partial charge in [-0.2, -0.15) is 14.0 Å². The number of nitrogens with zero attached hydrogens (tertiary/aromatic N) is 1. The van der Waals surface area contributed by atoms with E-state index in [9.17, 15) is 18.3 Å². The molecule has 1 aromatic carbocycles. The molecule has 2 unspecified atom stereocenters. The predicted molar refractivity (Wildman–Crippen MR) is 83.7 cm³/mol. The van der Waals surface area contributed by atoms with Gasteiger partial charge in [0.2, 0.25) is 0 Å². The first-order chi connectivity index (χ1) is 11.5. The van der Waals surface area contributed by atoms with Gasteiger partial charge in [0.25, 0.3) is 5.76 Å². The zero-order valence-electron chi connectivity index (χ0n) is 12.5. The van der Waals surface area contributed by atoms with E-state index in [-0.39, 0.29) is 17.2 Å². The van der Waals surface area contributed by atoms with Gasteiger partial charge in [0, 0.05) is 17.9 Å². The summed E-state index contributed by atoms with van der Waals surface area (Å²) in [6.45, 7) is 0. The van der Waals surface area contributed by atoms with Crippen molar-refractivity contribution in [2.45, 2.75) is 24.7 Å². The van der Waals surface area contributed by atoms with Crippen molar-refractivity contribution in [1.82, 2.24) is 0 Å². The molecule has 0 heterocycles. The van der Waals surface area contributed by atoms with E-state index in [2.05, 4.69) is 0 Å². The van der Waals surface area contributed by atoms with Crippen LogP contribution in [0.15, 0.2) is 41.0 Å². The Hall–Kier alpha value is -1.91. The van der Waals surface area contributed by atoms with Crippen LogP contribution < -0.4 is 4.74 Å². The second-order valence-electron chi connectivity index (χ2n) is 5.68. The van der Waals surface area contributed by atoms with Gasteiger partial charge in [0.1, 0.15) is 17.3 Å². The summed E-state index contributed by atoms with van der Waals surface area (Å²) in [5.41, 5.74) is 0.133. The number of benzene rings is 1. The molecule has 0 bridgehead atoms. The number of rotatable bonds is 4. The topological polar surface area (TPSA) is 53.2 Å². The van der Waals surface area contributed by atoms with Crippen LogP contribution in [0, 0.1) is 29.0 Å². The van der Waals surface area contributed by atoms with Gasteiger partial charge >= 0.3 is 0 Å². The molecule has 3 atom stereocenters. The standard InChI is InChI=1S/C17H14F3NO2S/c18-10-5-9(8-21)6-11(7-10)23-14-3-4-15(24-17(19)20)16-12(14)1-2-13(16)22/h3-7,12-13,16-17,22H,1-2H2/t12?,13-,16?/m1/s1. The molecule has 1 aromatic rings. The number of aliphatic hydroxyl groups is 1. The van der Waals surface area contributed by atoms with Crippen LogP contribution in [0.3, 0.4) is 0 Å². The monoisotopic (exact) mass is 353 g/mol. The van der Waals surface area contributed by atoms with Gasteiger partial charge in [-0.25, -0.2) is 4.39 Å². The Labute approximate surface area is 141 Å². The van der Waals surface area contributed by atoms with Crippen molar-refractivity contribution >= 4 is 11.8 Å². The molecule has 1 saturated carbocycles. The number of fused-ring (bicyclic) bond motifs is 1. The minimum Gasteiger partial charge on any atom is -0.461 e. The van der Waals surface area contributed by atoms with Crippen molar-refractivity contribution in [3.63, 3.8) is 0 Å². The molecule has 0 aromatic heterocycles. The van der Waals surface area contributed by atoms with Gasteiger partial charge < -0.3 is 9.84 Å². The average Bonchev–Trinajstić information content (AvgIpc) is 2.91. The molecule has 2 aliphatic carbocycles. The molecule has 3 nitrogen and oxygen atoms in total. The van der Waals surface area contributed by atoms with Crippen LogP contribution in [0.2, 0.25) is 0 Å². The third-order valence-corrected chi connectivity index (χ3v) is 5.05. The number of halogens is 3. The Balaban J connectivity index is 1.88. The fourth-order valence-corrected chi connectivity index (χ4v) is 4.07. The third kappa shape index (κ3) is 3.45. The van der Waals surface area contributed by atoms with Crippen molar-refractivity contribution in [3.05, 3.63) is 52.4 Å². The Bertz CT molecular complexity index is 742. The van der Waals surface area contributed by atoms with Crippen molar-refractivity contribution in [1.29, 1.82) is 5.26 Å². The highest BCUT2D eigenvalue weighted by Crippen LogP contribution is 2.48. The molecule has 0 spiro atoms. The van der Waals surface area contributed by atoms with E-state index < -0.39 is 23.6 Å². The molecule has 0 radical (unpaired) electrons. The van der Waals surface area contributed by atoms with Gasteiger partial charge in [-0.3, -0.25) is 0 Å². The number of hydrogen-bond acceptors (Lipinski definition) is 4. The number of nitriles is 1. The first kappa shape index (κ1) is 16.9. The summed E-state index contributed by atoms with van der Waals surface area (Å²) in [4.78, 5) is 0.435. The summed E-state index contributed by atoms with van der Waals surface area (Å²) in [6.07, 6.45) is 3.48. The smallest absolute Gasteiger partial charge is 0.288 e. The molecular formula is C17H14F3NO2S. The predicted octanol–water partition coefficient (Wildman–Crippen LogP) is 4.20. The van der Waals surface area contributed by atoms with Crippen molar-refractivity contribution in [3.8, 4) is 11.8 Å². The maximum atomic E-state index is 13.5. The van der Waals surface area contributed by atoms with Crippen LogP contribution in [-0.2, 0) is 0 Å². The number of allylic oxidation sites excluding steroid dienone is 3. The Morgan fingerprint density at radius 1 is 1.25 bits per heavy atom. The number of aliphatic hydroxyl groups excluding tert-OH is 1. The van der Waals surface area contributed by atoms with Crippen molar-refractivity contribution in [2.24, 2.45) is 11.8 Å². The highest BCUT2D eigenvalue weighted by Gasteiger charge is 2.42. The second-order valence-corrected chi connectivity index (χ2v) is 6.75. The summed E-state index contributed by atoms with van der Waals surface area (Å²) < 4.78 is 44.6. The molecule has 0 amide bonds. The van der Waals surface area contributed by atoms with Crippen molar-refractivity contribution in [2.75, 3.05) is 0 Å². The van der Waals surface area contributed by atoms with E-state index in [0.29, 0.717) is 35.3 Å². The summed E-state index contributed by atoms with van der Waals surface area (Å²) in [6, 6.07) is 5.52. The fraction of sp³-hybridized carbons (Fsp3) is 0.353. The van der Waals surface area contributed by atoms with Crippen molar-refractivity contribution < 1.29 is 23.0 Å². The van der Waals surface area contributed by atoms with E-state index in [0.717, 1.165) is 12.1 Å². The van der Waals surface area contributed by atoms with Crippen LogP contribution in [-0.4, -0.2) is 17.0 Å². The first-order valence-electron chi connectivity index (χ1n) is 7.41. The van der Waals surface area contributed by atoms with Crippen LogP contribution in [0.25, 0.3) is 0 Å². The lowest BCUT2D eigenvalue weighted by molar-refractivity contribution is 0.137. The third-order valence-electron chi connectivity index (χ3n) is 4.19. The molecule has 0 saturated heterocycles. The number of alkyl halides is 2. The Morgan fingerprint density at radius 2 is 2.04 bits per heavy atom. The maximum absolute atomic E-state index is 13.5. The summed E-state index contributed by atoms with van der Waals surface area (Å²) in [5, 5.41) is 19.0. The lowest BCUT2D eigenvalue weighted by Gasteiger charge is -2.29. The molecule has 2 aliphatic rings. The number of ether oxygens (including phenoxy) is 1. The SMILES string of the molecule is N#Cc1cc(F)cc(OC2=CC=C(SC(F)F)C3C2CC[C@H]3O)c1. The molecule has 3 rings (SSSR count). The van der Waals surface area contributed by atoms with Gasteiger partial charge in [-0.15, -0.1) is 0 Å². The Kier molecular flexibility index (Phi) is 4.88. The molecule has 0 aliphatic heterocycles. The molecule has 1 fully saturated rings. The zero-order valence-corrected chi connectivity index (χ0v) is 13.3. The molecular weight excluding hydrogens is 339 g/mol. The van der Waals surface area contributed by atoms with Gasteiger partial charge in [-0.05, 0) is 42.0 Å². The highest BCUT2D eigenvalue weighted by atomic mass is 32.2. The maximum Gasteiger partial charge on any atom is 0.288 e. The first-order valence-corrected chi connectivity index (χ1v) is 8.29. The highest BCUT2D eigenvalue weighted by molar-refractivity contribution is 8.03. The molecule has 7 heteroatoms. The molecule has 24 heavy (non-hydrogen) atoms. The van der Waals surface area contributed by atoms with Crippen LogP contribution in [0.4, 0.5) is 13.2 Å². The lowest BCUT2D eigenvalue weighted by atomic mass is 9.88. The van der Waals surface area contributed by atoms with Gasteiger partial charge in [0.05, 0.1) is 17.7 Å². The number of hydrogen-bond donors (Lipinski definition) is 1. The Morgan fingerprint density at radius 3 is 2.75 bits per heavy atom. The summed E-state index contributed by atoms with van der Waals surface area (Å²) >= 11 is 0.437. The minimum atomic E-state index is -2.55. The quantitative estimate of drug-likeness (QED) is 0.881. The van der Waals surface area contributed by atoms with E-state index in [1.807, 2.05) is 6.07 Å². The average molecular weight is 353 g/mol. The van der Waals surface area contributed by atoms with Gasteiger partial charge in [-0.1, -0.05) is 11.8 Å². The van der Waals surface area contributed by atoms with E-state index >= 15 is 0 Å². The molecule has 126 valence electrons. The number of thioether (sulfide) groups is 1.